The van der Waals surface area contributed by atoms with Crippen LogP contribution in [0.2, 0.25) is 0 Å². The lowest BCUT2D eigenvalue weighted by molar-refractivity contribution is -0.118. The van der Waals surface area contributed by atoms with Crippen LogP contribution in [0.3, 0.4) is 0 Å². The van der Waals surface area contributed by atoms with Crippen LogP contribution in [0.5, 0.6) is 0 Å². The number of benzene rings is 1. The van der Waals surface area contributed by atoms with Gasteiger partial charge >= 0.3 is 0 Å². The standard InChI is InChI=1S/C14H23N3O3S/c1-10(9-14(15)18)16-11(2)12-5-7-13(8-6-12)21(19,20)17(3)4/h5-8,10-11,16H,9H2,1-4H3,(H2,15,18). The SMILES string of the molecule is CC(CC(N)=O)NC(C)c1ccc(S(=O)(=O)N(C)C)cc1. The largest absolute Gasteiger partial charge is 0.370 e. The maximum atomic E-state index is 12.0. The molecule has 0 radical (unpaired) electrons. The minimum Gasteiger partial charge on any atom is -0.370 e. The highest BCUT2D eigenvalue weighted by Crippen LogP contribution is 2.18. The van der Waals surface area contributed by atoms with Gasteiger partial charge in [-0.25, -0.2) is 12.7 Å². The molecule has 1 aromatic rings. The molecule has 6 nitrogen and oxygen atoms in total. The van der Waals surface area contributed by atoms with Gasteiger partial charge in [0, 0.05) is 32.6 Å². The zero-order valence-corrected chi connectivity index (χ0v) is 13.6. The van der Waals surface area contributed by atoms with E-state index in [1.165, 1.54) is 18.4 Å². The quantitative estimate of drug-likeness (QED) is 0.780. The Morgan fingerprint density at radius 2 is 1.76 bits per heavy atom. The lowest BCUT2D eigenvalue weighted by Crippen LogP contribution is -2.32. The van der Waals surface area contributed by atoms with Gasteiger partial charge in [-0.3, -0.25) is 4.79 Å². The summed E-state index contributed by atoms with van der Waals surface area (Å²) in [5, 5.41) is 3.25. The Labute approximate surface area is 126 Å². The van der Waals surface area contributed by atoms with E-state index in [4.69, 9.17) is 5.73 Å². The van der Waals surface area contributed by atoms with Crippen molar-refractivity contribution in [1.29, 1.82) is 0 Å². The van der Waals surface area contributed by atoms with Gasteiger partial charge < -0.3 is 11.1 Å². The predicted molar refractivity (Wildman–Crippen MR) is 82.1 cm³/mol. The summed E-state index contributed by atoms with van der Waals surface area (Å²) in [4.78, 5) is 11.1. The number of hydrogen-bond acceptors (Lipinski definition) is 4. The fraction of sp³-hybridized carbons (Fsp3) is 0.500. The van der Waals surface area contributed by atoms with Gasteiger partial charge in [0.2, 0.25) is 15.9 Å². The molecule has 1 rings (SSSR count). The highest BCUT2D eigenvalue weighted by Gasteiger charge is 2.17. The molecule has 0 aliphatic carbocycles. The summed E-state index contributed by atoms with van der Waals surface area (Å²) in [6.07, 6.45) is 0.261. The zero-order chi connectivity index (χ0) is 16.2. The summed E-state index contributed by atoms with van der Waals surface area (Å²) in [5.74, 6) is -0.352. The number of rotatable bonds is 7. The van der Waals surface area contributed by atoms with E-state index < -0.39 is 10.0 Å². The average Bonchev–Trinajstić information content (AvgIpc) is 2.37. The Balaban J connectivity index is 2.81. The molecule has 0 bridgehead atoms. The van der Waals surface area contributed by atoms with Crippen molar-refractivity contribution < 1.29 is 13.2 Å². The minimum absolute atomic E-state index is 0.00420. The minimum atomic E-state index is -3.41. The van der Waals surface area contributed by atoms with Crippen LogP contribution in [0.1, 0.15) is 31.9 Å². The Kier molecular flexibility index (Phi) is 5.88. The Hall–Kier alpha value is -1.44. The van der Waals surface area contributed by atoms with Crippen LogP contribution in [0.25, 0.3) is 0 Å². The van der Waals surface area contributed by atoms with Crippen molar-refractivity contribution in [3.63, 3.8) is 0 Å². The lowest BCUT2D eigenvalue weighted by Gasteiger charge is -2.20. The van der Waals surface area contributed by atoms with Crippen LogP contribution < -0.4 is 11.1 Å². The number of amides is 1. The number of carbonyl (C=O) groups is 1. The number of nitrogens with zero attached hydrogens (tertiary/aromatic N) is 1. The van der Waals surface area contributed by atoms with Gasteiger partial charge in [0.05, 0.1) is 4.90 Å². The van der Waals surface area contributed by atoms with E-state index in [0.717, 1.165) is 5.56 Å². The van der Waals surface area contributed by atoms with Gasteiger partial charge in [-0.15, -0.1) is 0 Å². The van der Waals surface area contributed by atoms with Crippen LogP contribution in [0.4, 0.5) is 0 Å². The van der Waals surface area contributed by atoms with Gasteiger partial charge in [0.1, 0.15) is 0 Å². The summed E-state index contributed by atoms with van der Waals surface area (Å²) in [6.45, 7) is 3.83. The van der Waals surface area contributed by atoms with Gasteiger partial charge in [-0.05, 0) is 31.5 Å². The van der Waals surface area contributed by atoms with Crippen molar-refractivity contribution in [2.24, 2.45) is 5.73 Å². The van der Waals surface area contributed by atoms with Crippen LogP contribution >= 0.6 is 0 Å². The normalized spacial score (nSPS) is 14.9. The fourth-order valence-electron chi connectivity index (χ4n) is 2.02. The van der Waals surface area contributed by atoms with Gasteiger partial charge in [-0.1, -0.05) is 12.1 Å². The first kappa shape index (κ1) is 17.6. The van der Waals surface area contributed by atoms with Gasteiger partial charge in [0.25, 0.3) is 0 Å². The number of primary amides is 1. The highest BCUT2D eigenvalue weighted by molar-refractivity contribution is 7.89. The van der Waals surface area contributed by atoms with Crippen molar-refractivity contribution in [1.82, 2.24) is 9.62 Å². The third-order valence-electron chi connectivity index (χ3n) is 3.20. The van der Waals surface area contributed by atoms with Crippen molar-refractivity contribution in [2.75, 3.05) is 14.1 Å². The number of nitrogens with two attached hydrogens (primary N) is 1. The molecular weight excluding hydrogens is 290 g/mol. The third-order valence-corrected chi connectivity index (χ3v) is 5.03. The number of hydrogen-bond donors (Lipinski definition) is 2. The van der Waals surface area contributed by atoms with Crippen molar-refractivity contribution in [3.8, 4) is 0 Å². The summed E-state index contributed by atoms with van der Waals surface area (Å²) in [5.41, 5.74) is 6.10. The predicted octanol–water partition coefficient (Wildman–Crippen LogP) is 0.851. The van der Waals surface area contributed by atoms with E-state index in [1.807, 2.05) is 13.8 Å². The summed E-state index contributed by atoms with van der Waals surface area (Å²) >= 11 is 0. The molecule has 0 spiro atoms. The lowest BCUT2D eigenvalue weighted by atomic mass is 10.1. The number of nitrogens with one attached hydrogen (secondary N) is 1. The van der Waals surface area contributed by atoms with Crippen LogP contribution in [0, 0.1) is 0 Å². The molecule has 1 aromatic carbocycles. The highest BCUT2D eigenvalue weighted by atomic mass is 32.2. The van der Waals surface area contributed by atoms with Gasteiger partial charge in [0.15, 0.2) is 0 Å². The maximum Gasteiger partial charge on any atom is 0.242 e. The van der Waals surface area contributed by atoms with E-state index in [9.17, 15) is 13.2 Å². The second-order valence-electron chi connectivity index (χ2n) is 5.32. The molecule has 21 heavy (non-hydrogen) atoms. The molecule has 118 valence electrons. The molecule has 7 heteroatoms. The molecule has 0 aromatic heterocycles. The van der Waals surface area contributed by atoms with E-state index in [0.29, 0.717) is 0 Å². The fourth-order valence-corrected chi connectivity index (χ4v) is 2.92. The molecule has 0 aliphatic heterocycles. The summed E-state index contributed by atoms with van der Waals surface area (Å²) < 4.78 is 25.1. The molecule has 0 aliphatic rings. The Morgan fingerprint density at radius 1 is 1.24 bits per heavy atom. The smallest absolute Gasteiger partial charge is 0.242 e. The molecule has 3 N–H and O–H groups in total. The van der Waals surface area contributed by atoms with Gasteiger partial charge in [-0.2, -0.15) is 0 Å². The first-order valence-corrected chi connectivity index (χ1v) is 8.15. The van der Waals surface area contributed by atoms with Crippen molar-refractivity contribution in [2.45, 2.75) is 37.2 Å². The third kappa shape index (κ3) is 4.80. The topological polar surface area (TPSA) is 92.5 Å². The van der Waals surface area contributed by atoms with Crippen LogP contribution in [-0.4, -0.2) is 38.8 Å². The second-order valence-corrected chi connectivity index (χ2v) is 7.47. The summed E-state index contributed by atoms with van der Waals surface area (Å²) in [7, 11) is -0.409. The Morgan fingerprint density at radius 3 is 2.19 bits per heavy atom. The molecule has 0 saturated carbocycles. The number of carbonyl (C=O) groups excluding carboxylic acids is 1. The maximum absolute atomic E-state index is 12.0. The first-order chi connectivity index (χ1) is 9.64. The molecule has 2 atom stereocenters. The van der Waals surface area contributed by atoms with Crippen molar-refractivity contribution >= 4 is 15.9 Å². The molecule has 0 heterocycles. The second kappa shape index (κ2) is 7.02. The summed E-state index contributed by atoms with van der Waals surface area (Å²) in [6, 6.07) is 6.66. The molecule has 1 amide bonds. The average molecular weight is 313 g/mol. The van der Waals surface area contributed by atoms with E-state index in [-0.39, 0.29) is 29.3 Å². The van der Waals surface area contributed by atoms with E-state index in [2.05, 4.69) is 5.32 Å². The molecular formula is C14H23N3O3S. The monoisotopic (exact) mass is 313 g/mol. The van der Waals surface area contributed by atoms with Crippen LogP contribution in [-0.2, 0) is 14.8 Å². The van der Waals surface area contributed by atoms with Crippen LogP contribution in [0.15, 0.2) is 29.2 Å². The van der Waals surface area contributed by atoms with E-state index in [1.54, 1.807) is 24.3 Å². The van der Waals surface area contributed by atoms with Crippen molar-refractivity contribution in [3.05, 3.63) is 29.8 Å². The first-order valence-electron chi connectivity index (χ1n) is 6.71. The molecule has 0 fully saturated rings. The Bertz CT molecular complexity index is 582. The number of sulfonamides is 1. The molecule has 2 unspecified atom stereocenters. The molecule has 0 saturated heterocycles. The zero-order valence-electron chi connectivity index (χ0n) is 12.8. The van der Waals surface area contributed by atoms with E-state index >= 15 is 0 Å².